The molecule has 0 amide bonds. The lowest BCUT2D eigenvalue weighted by Gasteiger charge is -2.35. The van der Waals surface area contributed by atoms with Crippen molar-refractivity contribution in [3.63, 3.8) is 0 Å². The summed E-state index contributed by atoms with van der Waals surface area (Å²) in [4.78, 5) is 2.49. The second kappa shape index (κ2) is 7.42. The Morgan fingerprint density at radius 2 is 2.07 bits per heavy atom. The molecular weight excluding hydrogens is 366 g/mol. The van der Waals surface area contributed by atoms with Crippen LogP contribution in [0.5, 0.6) is 0 Å². The van der Waals surface area contributed by atoms with E-state index in [0.29, 0.717) is 6.04 Å². The van der Waals surface area contributed by atoms with Gasteiger partial charge in [0, 0.05) is 44.4 Å². The van der Waals surface area contributed by atoms with Crippen LogP contribution in [-0.2, 0) is 11.3 Å². The number of nitrogens with one attached hydrogen (secondary N) is 1. The molecular formula is C21H29N7O. The molecule has 154 valence electrons. The van der Waals surface area contributed by atoms with Gasteiger partial charge in [-0.3, -0.25) is 14.8 Å². The Morgan fingerprint density at radius 1 is 1.24 bits per heavy atom. The molecule has 4 aliphatic rings. The number of aromatic amines is 1. The fraction of sp³-hybridized carbons (Fsp3) is 0.571. The first-order valence-electron chi connectivity index (χ1n) is 10.6. The minimum atomic E-state index is 0.273. The number of rotatable bonds is 5. The fourth-order valence-corrected chi connectivity index (χ4v) is 4.65. The van der Waals surface area contributed by atoms with Gasteiger partial charge in [-0.15, -0.1) is 0 Å². The van der Waals surface area contributed by atoms with Crippen LogP contribution in [0.15, 0.2) is 23.4 Å². The van der Waals surface area contributed by atoms with Gasteiger partial charge in [0.05, 0.1) is 40.8 Å². The van der Waals surface area contributed by atoms with E-state index in [2.05, 4.69) is 50.8 Å². The first-order valence-corrected chi connectivity index (χ1v) is 10.6. The van der Waals surface area contributed by atoms with Crippen LogP contribution in [0, 0.1) is 10.6 Å². The molecule has 0 radical (unpaired) electrons. The molecule has 0 saturated carbocycles. The standard InChI is InChI=1S/C21H29N7O/c1-14(2)28-21-16-13-27(15-6-8-26(9-7-15)10-11-29-3)24-17(16)4-5-18-20(21)19(25-28)12-22-23-18/h4-5,12,14-15,23H,6-11,13H2,1-3H3. The minimum Gasteiger partial charge on any atom is -0.383 e. The maximum Gasteiger partial charge on any atom is 0.115 e. The van der Waals surface area contributed by atoms with Crippen LogP contribution < -0.4 is 5.36 Å². The van der Waals surface area contributed by atoms with Gasteiger partial charge in [-0.25, -0.2) is 0 Å². The van der Waals surface area contributed by atoms with Gasteiger partial charge in [-0.05, 0) is 38.8 Å². The predicted octanol–water partition coefficient (Wildman–Crippen LogP) is 1.81. The number of methoxy groups -OCH3 is 1. The number of piperidine rings is 1. The zero-order valence-electron chi connectivity index (χ0n) is 17.4. The van der Waals surface area contributed by atoms with Gasteiger partial charge in [-0.2, -0.15) is 15.3 Å². The third-order valence-electron chi connectivity index (χ3n) is 6.22. The van der Waals surface area contributed by atoms with Crippen LogP contribution in [0.4, 0.5) is 0 Å². The molecule has 29 heavy (non-hydrogen) atoms. The maximum absolute atomic E-state index is 5.23. The third-order valence-corrected chi connectivity index (χ3v) is 6.22. The van der Waals surface area contributed by atoms with Gasteiger partial charge in [-0.1, -0.05) is 0 Å². The van der Waals surface area contributed by atoms with E-state index in [0.717, 1.165) is 67.1 Å². The monoisotopic (exact) mass is 395 g/mol. The van der Waals surface area contributed by atoms with Gasteiger partial charge >= 0.3 is 0 Å². The highest BCUT2D eigenvalue weighted by molar-refractivity contribution is 5.66. The van der Waals surface area contributed by atoms with Gasteiger partial charge in [0.1, 0.15) is 5.52 Å². The van der Waals surface area contributed by atoms with Crippen LogP contribution in [0.3, 0.4) is 0 Å². The molecule has 5 rings (SSSR count). The highest BCUT2D eigenvalue weighted by Crippen LogP contribution is 2.26. The van der Waals surface area contributed by atoms with Crippen molar-refractivity contribution in [3.05, 3.63) is 39.8 Å². The van der Waals surface area contributed by atoms with Crippen molar-refractivity contribution in [2.45, 2.75) is 45.3 Å². The smallest absolute Gasteiger partial charge is 0.115 e. The number of H-pyrrole nitrogens is 1. The van der Waals surface area contributed by atoms with Crippen LogP contribution in [0.2, 0.25) is 0 Å². The summed E-state index contributed by atoms with van der Waals surface area (Å²) in [5, 5.41) is 22.8. The van der Waals surface area contributed by atoms with Crippen molar-refractivity contribution >= 4 is 11.0 Å². The van der Waals surface area contributed by atoms with E-state index in [9.17, 15) is 0 Å². The maximum atomic E-state index is 5.23. The third kappa shape index (κ3) is 3.20. The van der Waals surface area contributed by atoms with Crippen molar-refractivity contribution in [1.82, 2.24) is 29.9 Å². The summed E-state index contributed by atoms with van der Waals surface area (Å²) >= 11 is 0. The lowest BCUT2D eigenvalue weighted by Crippen LogP contribution is -2.43. The summed E-state index contributed by atoms with van der Waals surface area (Å²) in [5.41, 5.74) is 3.40. The average Bonchev–Trinajstić information content (AvgIpc) is 3.29. The van der Waals surface area contributed by atoms with E-state index in [1.54, 1.807) is 7.11 Å². The average molecular weight is 396 g/mol. The van der Waals surface area contributed by atoms with Crippen molar-refractivity contribution < 1.29 is 4.74 Å². The molecule has 0 unspecified atom stereocenters. The molecule has 0 spiro atoms. The second-order valence-electron chi connectivity index (χ2n) is 8.39. The molecule has 1 N–H and O–H groups in total. The SMILES string of the molecule is COCCN1CCC(N2Cc3c(ccc4[nH]ncc5nn(C(C)C)c3c5=4)=N2)CC1. The highest BCUT2D eigenvalue weighted by atomic mass is 16.5. The topological polar surface area (TPSA) is 74.6 Å². The molecule has 3 aliphatic heterocycles. The van der Waals surface area contributed by atoms with Crippen LogP contribution >= 0.6 is 0 Å². The van der Waals surface area contributed by atoms with Crippen molar-refractivity contribution in [1.29, 1.82) is 0 Å². The summed E-state index contributed by atoms with van der Waals surface area (Å²) in [6, 6.07) is 4.98. The minimum absolute atomic E-state index is 0.273. The fourth-order valence-electron chi connectivity index (χ4n) is 4.65. The molecule has 1 saturated heterocycles. The lowest BCUT2D eigenvalue weighted by atomic mass is 10.0. The Morgan fingerprint density at radius 3 is 2.83 bits per heavy atom. The largest absolute Gasteiger partial charge is 0.383 e. The van der Waals surface area contributed by atoms with E-state index in [1.807, 2.05) is 6.20 Å². The van der Waals surface area contributed by atoms with Gasteiger partial charge < -0.3 is 9.64 Å². The zero-order valence-corrected chi connectivity index (χ0v) is 17.4. The van der Waals surface area contributed by atoms with Gasteiger partial charge in [0.2, 0.25) is 0 Å². The Kier molecular flexibility index (Phi) is 4.75. The number of likely N-dealkylation sites (tertiary alicyclic amines) is 1. The van der Waals surface area contributed by atoms with E-state index >= 15 is 0 Å². The number of hydrogen-bond donors (Lipinski definition) is 1. The van der Waals surface area contributed by atoms with Crippen molar-refractivity contribution in [3.8, 4) is 0 Å². The molecule has 1 aromatic heterocycles. The Balaban J connectivity index is 1.50. The first-order chi connectivity index (χ1) is 14.2. The summed E-state index contributed by atoms with van der Waals surface area (Å²) in [6.45, 7) is 9.24. The second-order valence-corrected chi connectivity index (χ2v) is 8.39. The van der Waals surface area contributed by atoms with Gasteiger partial charge in [0.25, 0.3) is 0 Å². The quantitative estimate of drug-likeness (QED) is 0.713. The lowest BCUT2D eigenvalue weighted by molar-refractivity contribution is 0.0867. The van der Waals surface area contributed by atoms with Crippen LogP contribution in [0.25, 0.3) is 11.0 Å². The van der Waals surface area contributed by atoms with E-state index in [4.69, 9.17) is 14.9 Å². The summed E-state index contributed by atoms with van der Waals surface area (Å²) < 4.78 is 7.36. The number of fused-ring (bicyclic) bond motifs is 2. The molecule has 8 heteroatoms. The summed E-state index contributed by atoms with van der Waals surface area (Å²) in [6.07, 6.45) is 4.11. The number of aromatic nitrogens is 4. The number of ether oxygens (including phenoxy) is 1. The Bertz CT molecular complexity index is 1140. The molecule has 1 aliphatic carbocycles. The van der Waals surface area contributed by atoms with E-state index in [-0.39, 0.29) is 6.04 Å². The molecule has 0 bridgehead atoms. The normalized spacial score (nSPS) is 18.1. The molecule has 1 fully saturated rings. The van der Waals surface area contributed by atoms with E-state index < -0.39 is 0 Å². The summed E-state index contributed by atoms with van der Waals surface area (Å²) in [5.74, 6) is 0. The highest BCUT2D eigenvalue weighted by Gasteiger charge is 2.28. The zero-order chi connectivity index (χ0) is 20.0. The van der Waals surface area contributed by atoms with Gasteiger partial charge in [0.15, 0.2) is 0 Å². The van der Waals surface area contributed by atoms with Crippen LogP contribution in [0.1, 0.15) is 38.3 Å². The molecule has 0 aromatic carbocycles. The first kappa shape index (κ1) is 18.6. The predicted molar refractivity (Wildman–Crippen MR) is 110 cm³/mol. The van der Waals surface area contributed by atoms with E-state index in [1.165, 1.54) is 11.1 Å². The Hall–Kier alpha value is -2.45. The molecule has 4 heterocycles. The summed E-state index contributed by atoms with van der Waals surface area (Å²) in [7, 11) is 1.77. The van der Waals surface area contributed by atoms with Crippen LogP contribution in [-0.4, -0.2) is 69.3 Å². The number of nitrogens with zero attached hydrogens (tertiary/aromatic N) is 6. The molecule has 8 nitrogen and oxygen atoms in total. The van der Waals surface area contributed by atoms with Crippen molar-refractivity contribution in [2.75, 3.05) is 33.4 Å². The molecule has 0 atom stereocenters. The Labute approximate surface area is 169 Å². The number of hydrogen-bond acceptors (Lipinski definition) is 6. The van der Waals surface area contributed by atoms with Crippen molar-refractivity contribution in [2.24, 2.45) is 5.10 Å². The molecule has 1 aromatic rings.